The van der Waals surface area contributed by atoms with Gasteiger partial charge in [0.25, 0.3) is 0 Å². The number of furan rings is 1. The van der Waals surface area contributed by atoms with Crippen LogP contribution >= 0.6 is 0 Å². The van der Waals surface area contributed by atoms with Gasteiger partial charge in [0.05, 0.1) is 6.54 Å². The van der Waals surface area contributed by atoms with Crippen LogP contribution in [0.3, 0.4) is 0 Å². The zero-order valence-corrected chi connectivity index (χ0v) is 10.0. The molecule has 0 saturated heterocycles. The van der Waals surface area contributed by atoms with E-state index in [4.69, 9.17) is 4.42 Å². The van der Waals surface area contributed by atoms with Crippen LogP contribution < -0.4 is 5.32 Å². The standard InChI is InChI=1S/C14H17NO/c1-10-5-4-6-14(12(10)3)15-9-13-8-7-11(2)16-13/h4-8,15H,9H2,1-3H3. The first kappa shape index (κ1) is 10.8. The molecule has 0 aliphatic heterocycles. The van der Waals surface area contributed by atoms with Crippen molar-refractivity contribution in [3.8, 4) is 0 Å². The van der Waals surface area contributed by atoms with Gasteiger partial charge in [-0.05, 0) is 50.1 Å². The van der Waals surface area contributed by atoms with E-state index >= 15 is 0 Å². The first-order chi connectivity index (χ1) is 7.66. The lowest BCUT2D eigenvalue weighted by Crippen LogP contribution is -2.00. The van der Waals surface area contributed by atoms with Crippen molar-refractivity contribution < 1.29 is 4.42 Å². The minimum atomic E-state index is 0.734. The van der Waals surface area contributed by atoms with Crippen molar-refractivity contribution in [3.05, 3.63) is 53.0 Å². The van der Waals surface area contributed by atoms with E-state index in [1.165, 1.54) is 16.8 Å². The summed E-state index contributed by atoms with van der Waals surface area (Å²) in [6, 6.07) is 10.3. The Morgan fingerprint density at radius 2 is 1.88 bits per heavy atom. The van der Waals surface area contributed by atoms with Crippen LogP contribution in [0.2, 0.25) is 0 Å². The average molecular weight is 215 g/mol. The molecule has 0 fully saturated rings. The number of anilines is 1. The predicted octanol–water partition coefficient (Wildman–Crippen LogP) is 3.82. The minimum absolute atomic E-state index is 0.734. The highest BCUT2D eigenvalue weighted by Gasteiger charge is 2.02. The van der Waals surface area contributed by atoms with Gasteiger partial charge in [-0.25, -0.2) is 0 Å². The van der Waals surface area contributed by atoms with Crippen molar-refractivity contribution >= 4 is 5.69 Å². The van der Waals surface area contributed by atoms with Crippen molar-refractivity contribution in [3.63, 3.8) is 0 Å². The van der Waals surface area contributed by atoms with Gasteiger partial charge in [-0.15, -0.1) is 0 Å². The lowest BCUT2D eigenvalue weighted by Gasteiger charge is -2.10. The molecule has 0 aliphatic carbocycles. The van der Waals surface area contributed by atoms with Crippen LogP contribution in [0.4, 0.5) is 5.69 Å². The summed E-state index contributed by atoms with van der Waals surface area (Å²) in [4.78, 5) is 0. The molecule has 0 saturated carbocycles. The third kappa shape index (κ3) is 2.27. The van der Waals surface area contributed by atoms with Crippen molar-refractivity contribution in [2.45, 2.75) is 27.3 Å². The topological polar surface area (TPSA) is 25.2 Å². The van der Waals surface area contributed by atoms with Crippen LogP contribution in [0.25, 0.3) is 0 Å². The monoisotopic (exact) mass is 215 g/mol. The molecule has 84 valence electrons. The zero-order chi connectivity index (χ0) is 11.5. The Hall–Kier alpha value is -1.70. The first-order valence-electron chi connectivity index (χ1n) is 5.52. The molecule has 1 aromatic heterocycles. The molecule has 0 spiro atoms. The highest BCUT2D eigenvalue weighted by molar-refractivity contribution is 5.53. The second-order valence-corrected chi connectivity index (χ2v) is 4.11. The molecule has 1 heterocycles. The van der Waals surface area contributed by atoms with Gasteiger partial charge in [-0.1, -0.05) is 12.1 Å². The van der Waals surface area contributed by atoms with Crippen molar-refractivity contribution in [1.29, 1.82) is 0 Å². The van der Waals surface area contributed by atoms with Crippen LogP contribution in [-0.2, 0) is 6.54 Å². The van der Waals surface area contributed by atoms with Gasteiger partial charge in [0.15, 0.2) is 0 Å². The summed E-state index contributed by atoms with van der Waals surface area (Å²) >= 11 is 0. The summed E-state index contributed by atoms with van der Waals surface area (Å²) in [5, 5.41) is 3.39. The molecule has 1 N–H and O–H groups in total. The normalized spacial score (nSPS) is 10.4. The summed E-state index contributed by atoms with van der Waals surface area (Å²) < 4.78 is 5.51. The highest BCUT2D eigenvalue weighted by Crippen LogP contribution is 2.19. The number of rotatable bonds is 3. The Morgan fingerprint density at radius 3 is 2.56 bits per heavy atom. The fraction of sp³-hybridized carbons (Fsp3) is 0.286. The second kappa shape index (κ2) is 4.44. The number of nitrogens with one attached hydrogen (secondary N) is 1. The molecule has 0 bridgehead atoms. The van der Waals surface area contributed by atoms with Gasteiger partial charge in [0.1, 0.15) is 11.5 Å². The highest BCUT2D eigenvalue weighted by atomic mass is 16.3. The molecule has 16 heavy (non-hydrogen) atoms. The maximum Gasteiger partial charge on any atom is 0.123 e. The van der Waals surface area contributed by atoms with Crippen LogP contribution in [-0.4, -0.2) is 0 Å². The van der Waals surface area contributed by atoms with Crippen LogP contribution in [0.1, 0.15) is 22.6 Å². The van der Waals surface area contributed by atoms with E-state index in [-0.39, 0.29) is 0 Å². The van der Waals surface area contributed by atoms with E-state index in [1.807, 2.05) is 19.1 Å². The van der Waals surface area contributed by atoms with Gasteiger partial charge < -0.3 is 9.73 Å². The summed E-state index contributed by atoms with van der Waals surface area (Å²) in [5.41, 5.74) is 3.78. The smallest absolute Gasteiger partial charge is 0.123 e. The second-order valence-electron chi connectivity index (χ2n) is 4.11. The van der Waals surface area contributed by atoms with E-state index in [0.29, 0.717) is 0 Å². The molecule has 0 amide bonds. The van der Waals surface area contributed by atoms with Crippen LogP contribution in [0.15, 0.2) is 34.7 Å². The quantitative estimate of drug-likeness (QED) is 0.842. The minimum Gasteiger partial charge on any atom is -0.465 e. The van der Waals surface area contributed by atoms with Crippen LogP contribution in [0.5, 0.6) is 0 Å². The lowest BCUT2D eigenvalue weighted by atomic mass is 10.1. The molecule has 0 radical (unpaired) electrons. The van der Waals surface area contributed by atoms with Gasteiger partial charge in [-0.2, -0.15) is 0 Å². The molecule has 0 aliphatic rings. The van der Waals surface area contributed by atoms with E-state index in [0.717, 1.165) is 18.1 Å². The fourth-order valence-corrected chi connectivity index (χ4v) is 1.71. The van der Waals surface area contributed by atoms with Crippen LogP contribution in [0, 0.1) is 20.8 Å². The molecular weight excluding hydrogens is 198 g/mol. The van der Waals surface area contributed by atoms with Gasteiger partial charge >= 0.3 is 0 Å². The van der Waals surface area contributed by atoms with Gasteiger partial charge in [0, 0.05) is 5.69 Å². The molecule has 2 nitrogen and oxygen atoms in total. The largest absolute Gasteiger partial charge is 0.465 e. The summed E-state index contributed by atoms with van der Waals surface area (Å²) in [6.45, 7) is 6.95. The molecule has 2 rings (SSSR count). The molecule has 2 heteroatoms. The Kier molecular flexibility index (Phi) is 3.00. The molecular formula is C14H17NO. The van der Waals surface area contributed by atoms with E-state index < -0.39 is 0 Å². The molecule has 2 aromatic rings. The van der Waals surface area contributed by atoms with E-state index in [1.54, 1.807) is 0 Å². The third-order valence-corrected chi connectivity index (χ3v) is 2.85. The summed E-state index contributed by atoms with van der Waals surface area (Å²) in [7, 11) is 0. The van der Waals surface area contributed by atoms with Crippen molar-refractivity contribution in [2.75, 3.05) is 5.32 Å². The number of aryl methyl sites for hydroxylation is 2. The molecule has 1 aromatic carbocycles. The summed E-state index contributed by atoms with van der Waals surface area (Å²) in [6.07, 6.45) is 0. The maximum atomic E-state index is 5.51. The number of hydrogen-bond acceptors (Lipinski definition) is 2. The average Bonchev–Trinajstić information content (AvgIpc) is 2.67. The zero-order valence-electron chi connectivity index (χ0n) is 10.0. The van der Waals surface area contributed by atoms with Crippen molar-refractivity contribution in [1.82, 2.24) is 0 Å². The van der Waals surface area contributed by atoms with E-state index in [9.17, 15) is 0 Å². The van der Waals surface area contributed by atoms with Crippen molar-refractivity contribution in [2.24, 2.45) is 0 Å². The molecule has 0 unspecified atom stereocenters. The Morgan fingerprint density at radius 1 is 1.06 bits per heavy atom. The summed E-state index contributed by atoms with van der Waals surface area (Å²) in [5.74, 6) is 1.93. The Labute approximate surface area is 96.3 Å². The number of benzene rings is 1. The first-order valence-corrected chi connectivity index (χ1v) is 5.52. The Bertz CT molecular complexity index is 485. The van der Waals surface area contributed by atoms with Gasteiger partial charge in [0.2, 0.25) is 0 Å². The SMILES string of the molecule is Cc1ccc(CNc2cccc(C)c2C)o1. The predicted molar refractivity (Wildman–Crippen MR) is 66.7 cm³/mol. The third-order valence-electron chi connectivity index (χ3n) is 2.85. The molecule has 0 atom stereocenters. The maximum absolute atomic E-state index is 5.51. The van der Waals surface area contributed by atoms with E-state index in [2.05, 4.69) is 37.4 Å². The lowest BCUT2D eigenvalue weighted by molar-refractivity contribution is 0.490. The van der Waals surface area contributed by atoms with Gasteiger partial charge in [-0.3, -0.25) is 0 Å². The Balaban J connectivity index is 2.07. The fourth-order valence-electron chi connectivity index (χ4n) is 1.71. The number of hydrogen-bond donors (Lipinski definition) is 1.